The smallest absolute Gasteiger partial charge is 0.256 e. The number of aryl methyl sites for hydroxylation is 1. The van der Waals surface area contributed by atoms with E-state index < -0.39 is 0 Å². The molecule has 7 heteroatoms. The number of nitrogens with zero attached hydrogens (tertiary/aromatic N) is 2. The van der Waals surface area contributed by atoms with Gasteiger partial charge in [-0.15, -0.1) is 0 Å². The maximum absolute atomic E-state index is 12.6. The molecule has 4 aromatic rings. The molecule has 4 rings (SSSR count). The third-order valence-electron chi connectivity index (χ3n) is 4.83. The Morgan fingerprint density at radius 3 is 2.47 bits per heavy atom. The second-order valence-electron chi connectivity index (χ2n) is 7.38. The van der Waals surface area contributed by atoms with Crippen LogP contribution in [0, 0.1) is 6.92 Å². The van der Waals surface area contributed by atoms with Gasteiger partial charge < -0.3 is 10.1 Å². The number of amides is 1. The number of benzene rings is 3. The van der Waals surface area contributed by atoms with Gasteiger partial charge >= 0.3 is 0 Å². The lowest BCUT2D eigenvalue weighted by Crippen LogP contribution is -2.13. The summed E-state index contributed by atoms with van der Waals surface area (Å²) in [4.78, 5) is 12.6. The number of carbonyl (C=O) groups excluding carboxylic acids is 1. The summed E-state index contributed by atoms with van der Waals surface area (Å²) in [5.41, 5.74) is 3.58. The molecule has 1 aromatic heterocycles. The zero-order valence-corrected chi connectivity index (χ0v) is 18.9. The molecule has 0 bridgehead atoms. The van der Waals surface area contributed by atoms with Gasteiger partial charge in [0.1, 0.15) is 17.4 Å². The summed E-state index contributed by atoms with van der Waals surface area (Å²) in [5, 5.41) is 8.11. The van der Waals surface area contributed by atoms with Gasteiger partial charge in [-0.2, -0.15) is 5.10 Å². The van der Waals surface area contributed by atoms with E-state index in [1.165, 1.54) is 0 Å². The van der Waals surface area contributed by atoms with Crippen molar-refractivity contribution in [3.8, 4) is 5.75 Å². The normalized spacial score (nSPS) is 10.7. The first kappa shape index (κ1) is 21.9. The Balaban J connectivity index is 1.37. The maximum atomic E-state index is 12.6. The monoisotopic (exact) mass is 465 g/mol. The minimum Gasteiger partial charge on any atom is -0.487 e. The molecule has 0 aliphatic carbocycles. The molecule has 5 nitrogen and oxygen atoms in total. The van der Waals surface area contributed by atoms with Gasteiger partial charge in [0.05, 0.1) is 11.6 Å². The van der Waals surface area contributed by atoms with E-state index in [4.69, 9.17) is 27.9 Å². The molecule has 1 N–H and O–H groups in total. The van der Waals surface area contributed by atoms with E-state index in [1.807, 2.05) is 67.6 Å². The fourth-order valence-corrected chi connectivity index (χ4v) is 3.52. The Bertz CT molecular complexity index is 1220. The number of nitrogens with one attached hydrogen (secondary N) is 1. The van der Waals surface area contributed by atoms with Crippen LogP contribution in [0.15, 0.2) is 79.0 Å². The number of aromatic nitrogens is 2. The Kier molecular flexibility index (Phi) is 6.78. The average Bonchev–Trinajstić information content (AvgIpc) is 3.13. The molecule has 0 fully saturated rings. The molecule has 0 spiro atoms. The first-order valence-electron chi connectivity index (χ1n) is 10.0. The van der Waals surface area contributed by atoms with Gasteiger partial charge in [0.2, 0.25) is 0 Å². The molecule has 0 saturated carbocycles. The SMILES string of the molecule is Cc1ccc(Cl)c(OCc2ccc(C(=O)Nc3nn(Cc4ccccc4)cc3Cl)cc2)c1. The number of anilines is 1. The van der Waals surface area contributed by atoms with Crippen molar-refractivity contribution >= 4 is 34.9 Å². The summed E-state index contributed by atoms with van der Waals surface area (Å²) < 4.78 is 7.50. The van der Waals surface area contributed by atoms with Crippen LogP contribution in [0.2, 0.25) is 10.0 Å². The van der Waals surface area contributed by atoms with E-state index in [-0.39, 0.29) is 5.91 Å². The standard InChI is InChI=1S/C25H21Cl2N3O2/c1-17-7-12-21(26)23(13-17)32-16-19-8-10-20(11-9-19)25(31)28-24-22(27)15-30(29-24)14-18-5-3-2-4-6-18/h2-13,15H,14,16H2,1H3,(H,28,29,31). The van der Waals surface area contributed by atoms with Gasteiger partial charge in [-0.1, -0.05) is 71.7 Å². The van der Waals surface area contributed by atoms with E-state index in [2.05, 4.69) is 10.4 Å². The van der Waals surface area contributed by atoms with Crippen LogP contribution in [0.5, 0.6) is 5.75 Å². The quantitative estimate of drug-likeness (QED) is 0.344. The summed E-state index contributed by atoms with van der Waals surface area (Å²) >= 11 is 12.4. The Morgan fingerprint density at radius 2 is 1.72 bits per heavy atom. The lowest BCUT2D eigenvalue weighted by Gasteiger charge is -2.09. The van der Waals surface area contributed by atoms with Crippen LogP contribution in [0.1, 0.15) is 27.0 Å². The van der Waals surface area contributed by atoms with Crippen LogP contribution in [-0.4, -0.2) is 15.7 Å². The summed E-state index contributed by atoms with van der Waals surface area (Å²) in [7, 11) is 0. The number of hydrogen-bond acceptors (Lipinski definition) is 3. The van der Waals surface area contributed by atoms with Crippen LogP contribution >= 0.6 is 23.2 Å². The topological polar surface area (TPSA) is 56.1 Å². The number of rotatable bonds is 7. The van der Waals surface area contributed by atoms with Crippen LogP contribution < -0.4 is 10.1 Å². The number of halogens is 2. The van der Waals surface area contributed by atoms with Crippen molar-refractivity contribution in [3.05, 3.63) is 111 Å². The van der Waals surface area contributed by atoms with Crippen LogP contribution in [-0.2, 0) is 13.2 Å². The molecule has 0 aliphatic heterocycles. The minimum atomic E-state index is -0.286. The molecular formula is C25H21Cl2N3O2. The first-order valence-corrected chi connectivity index (χ1v) is 10.8. The molecule has 0 saturated heterocycles. The Hall–Kier alpha value is -3.28. The fourth-order valence-electron chi connectivity index (χ4n) is 3.15. The molecule has 32 heavy (non-hydrogen) atoms. The second-order valence-corrected chi connectivity index (χ2v) is 8.20. The molecule has 0 aliphatic rings. The van der Waals surface area contributed by atoms with Crippen LogP contribution in [0.25, 0.3) is 0 Å². The van der Waals surface area contributed by atoms with E-state index in [9.17, 15) is 4.79 Å². The zero-order valence-electron chi connectivity index (χ0n) is 17.4. The van der Waals surface area contributed by atoms with Crippen molar-refractivity contribution < 1.29 is 9.53 Å². The summed E-state index contributed by atoms with van der Waals surface area (Å²) in [6.07, 6.45) is 1.70. The number of ether oxygens (including phenoxy) is 1. The highest BCUT2D eigenvalue weighted by atomic mass is 35.5. The highest BCUT2D eigenvalue weighted by molar-refractivity contribution is 6.33. The molecule has 3 aromatic carbocycles. The zero-order chi connectivity index (χ0) is 22.5. The average molecular weight is 466 g/mol. The largest absolute Gasteiger partial charge is 0.487 e. The second kappa shape index (κ2) is 9.90. The third kappa shape index (κ3) is 5.49. The number of carbonyl (C=O) groups is 1. The number of hydrogen-bond donors (Lipinski definition) is 1. The van der Waals surface area contributed by atoms with Crippen molar-refractivity contribution in [2.75, 3.05) is 5.32 Å². The van der Waals surface area contributed by atoms with Gasteiger partial charge in [-0.25, -0.2) is 0 Å². The van der Waals surface area contributed by atoms with Crippen LogP contribution in [0.4, 0.5) is 5.82 Å². The van der Waals surface area contributed by atoms with Gasteiger partial charge in [0.15, 0.2) is 5.82 Å². The van der Waals surface area contributed by atoms with Crippen molar-refractivity contribution in [3.63, 3.8) is 0 Å². The van der Waals surface area contributed by atoms with Gasteiger partial charge in [-0.3, -0.25) is 9.48 Å². The molecule has 1 heterocycles. The van der Waals surface area contributed by atoms with E-state index >= 15 is 0 Å². The summed E-state index contributed by atoms with van der Waals surface area (Å²) in [6.45, 7) is 2.89. The molecule has 1 amide bonds. The first-order chi connectivity index (χ1) is 15.5. The van der Waals surface area contributed by atoms with Gasteiger partial charge in [0.25, 0.3) is 5.91 Å². The highest BCUT2D eigenvalue weighted by Gasteiger charge is 2.13. The molecule has 162 valence electrons. The Morgan fingerprint density at radius 1 is 0.969 bits per heavy atom. The van der Waals surface area contributed by atoms with Gasteiger partial charge in [-0.05, 0) is 47.9 Å². The summed E-state index contributed by atoms with van der Waals surface area (Å²) in [6, 6.07) is 22.7. The third-order valence-corrected chi connectivity index (χ3v) is 5.42. The maximum Gasteiger partial charge on any atom is 0.256 e. The van der Waals surface area contributed by atoms with Crippen molar-refractivity contribution in [2.45, 2.75) is 20.1 Å². The predicted octanol–water partition coefficient (Wildman–Crippen LogP) is 6.38. The molecule has 0 unspecified atom stereocenters. The van der Waals surface area contributed by atoms with Crippen LogP contribution in [0.3, 0.4) is 0 Å². The van der Waals surface area contributed by atoms with Crippen molar-refractivity contribution in [2.24, 2.45) is 0 Å². The molecular weight excluding hydrogens is 445 g/mol. The van der Waals surface area contributed by atoms with E-state index in [1.54, 1.807) is 23.0 Å². The lowest BCUT2D eigenvalue weighted by atomic mass is 10.1. The van der Waals surface area contributed by atoms with E-state index in [0.29, 0.717) is 40.3 Å². The summed E-state index contributed by atoms with van der Waals surface area (Å²) in [5.74, 6) is 0.675. The predicted molar refractivity (Wildman–Crippen MR) is 128 cm³/mol. The Labute approximate surface area is 196 Å². The fraction of sp³-hybridized carbons (Fsp3) is 0.120. The van der Waals surface area contributed by atoms with Crippen molar-refractivity contribution in [1.29, 1.82) is 0 Å². The minimum absolute atomic E-state index is 0.286. The van der Waals surface area contributed by atoms with Crippen molar-refractivity contribution in [1.82, 2.24) is 9.78 Å². The van der Waals surface area contributed by atoms with E-state index in [0.717, 1.165) is 16.7 Å². The lowest BCUT2D eigenvalue weighted by molar-refractivity contribution is 0.102. The highest BCUT2D eigenvalue weighted by Crippen LogP contribution is 2.26. The molecule has 0 atom stereocenters. The molecule has 0 radical (unpaired) electrons. The van der Waals surface area contributed by atoms with Gasteiger partial charge in [0, 0.05) is 11.8 Å².